The van der Waals surface area contributed by atoms with Crippen molar-refractivity contribution < 1.29 is 9.53 Å². The van der Waals surface area contributed by atoms with Crippen LogP contribution in [0.5, 0.6) is 0 Å². The fourth-order valence-electron chi connectivity index (χ4n) is 1.82. The Morgan fingerprint density at radius 1 is 1.33 bits per heavy atom. The molecular formula is C15H23NO2. The van der Waals surface area contributed by atoms with E-state index < -0.39 is 5.60 Å². The van der Waals surface area contributed by atoms with Crippen LogP contribution in [0.15, 0.2) is 24.3 Å². The molecule has 0 fully saturated rings. The maximum absolute atomic E-state index is 11.6. The third-order valence-corrected chi connectivity index (χ3v) is 2.67. The van der Waals surface area contributed by atoms with Gasteiger partial charge in [0, 0.05) is 12.5 Å². The van der Waals surface area contributed by atoms with Gasteiger partial charge in [0.05, 0.1) is 0 Å². The number of rotatable bonds is 4. The Kier molecular flexibility index (Phi) is 4.91. The first-order valence-electron chi connectivity index (χ1n) is 6.32. The van der Waals surface area contributed by atoms with Gasteiger partial charge in [0.25, 0.3) is 0 Å². The molecule has 0 spiro atoms. The maximum Gasteiger partial charge on any atom is 0.306 e. The lowest BCUT2D eigenvalue weighted by Gasteiger charge is -2.20. The number of carbonyl (C=O) groups is 1. The summed E-state index contributed by atoms with van der Waals surface area (Å²) >= 11 is 0. The van der Waals surface area contributed by atoms with Crippen molar-refractivity contribution in [2.45, 2.75) is 52.2 Å². The van der Waals surface area contributed by atoms with Gasteiger partial charge in [-0.3, -0.25) is 4.79 Å². The second kappa shape index (κ2) is 6.01. The van der Waals surface area contributed by atoms with Gasteiger partial charge in [0.1, 0.15) is 5.60 Å². The molecule has 0 aromatic heterocycles. The molecule has 1 rings (SSSR count). The van der Waals surface area contributed by atoms with Crippen LogP contribution in [0.25, 0.3) is 0 Å². The molecule has 0 radical (unpaired) electrons. The minimum atomic E-state index is -0.427. The highest BCUT2D eigenvalue weighted by Gasteiger charge is 2.17. The largest absolute Gasteiger partial charge is 0.460 e. The number of hydrogen-bond donors (Lipinski definition) is 1. The van der Waals surface area contributed by atoms with Crippen molar-refractivity contribution in [2.24, 2.45) is 5.73 Å². The smallest absolute Gasteiger partial charge is 0.306 e. The summed E-state index contributed by atoms with van der Waals surface area (Å²) < 4.78 is 5.26. The van der Waals surface area contributed by atoms with Gasteiger partial charge in [-0.1, -0.05) is 24.3 Å². The van der Waals surface area contributed by atoms with Crippen molar-refractivity contribution in [2.75, 3.05) is 0 Å². The second-order valence-electron chi connectivity index (χ2n) is 5.59. The molecule has 1 aromatic rings. The molecule has 100 valence electrons. The van der Waals surface area contributed by atoms with Crippen LogP contribution >= 0.6 is 0 Å². The first kappa shape index (κ1) is 14.7. The number of carbonyl (C=O) groups excluding carboxylic acids is 1. The van der Waals surface area contributed by atoms with Crippen LogP contribution in [0.4, 0.5) is 0 Å². The van der Waals surface area contributed by atoms with E-state index in [4.69, 9.17) is 10.5 Å². The van der Waals surface area contributed by atoms with E-state index in [9.17, 15) is 4.79 Å². The zero-order valence-corrected chi connectivity index (χ0v) is 11.7. The van der Waals surface area contributed by atoms with Crippen molar-refractivity contribution in [3.63, 3.8) is 0 Å². The van der Waals surface area contributed by atoms with E-state index in [2.05, 4.69) is 0 Å². The Bertz CT molecular complexity index is 407. The summed E-state index contributed by atoms with van der Waals surface area (Å²) in [6.07, 6.45) is 0.965. The maximum atomic E-state index is 11.6. The normalized spacial score (nSPS) is 13.2. The molecule has 3 heteroatoms. The van der Waals surface area contributed by atoms with Crippen LogP contribution in [-0.2, 0) is 9.53 Å². The molecule has 2 N–H and O–H groups in total. The number of aryl methyl sites for hydroxylation is 1. The van der Waals surface area contributed by atoms with Crippen molar-refractivity contribution in [3.8, 4) is 0 Å². The summed E-state index contributed by atoms with van der Waals surface area (Å²) in [5.41, 5.74) is 7.93. The van der Waals surface area contributed by atoms with Gasteiger partial charge >= 0.3 is 5.97 Å². The van der Waals surface area contributed by atoms with Crippen molar-refractivity contribution in [1.29, 1.82) is 0 Å². The van der Waals surface area contributed by atoms with E-state index in [0.717, 1.165) is 11.1 Å². The second-order valence-corrected chi connectivity index (χ2v) is 5.59. The highest BCUT2D eigenvalue weighted by Crippen LogP contribution is 2.20. The summed E-state index contributed by atoms with van der Waals surface area (Å²) in [7, 11) is 0. The SMILES string of the molecule is Cc1ccccc1C(N)CCC(=O)OC(C)(C)C. The third kappa shape index (κ3) is 4.88. The molecule has 0 amide bonds. The average Bonchev–Trinajstić information content (AvgIpc) is 2.24. The highest BCUT2D eigenvalue weighted by molar-refractivity contribution is 5.69. The van der Waals surface area contributed by atoms with Crippen LogP contribution in [0.1, 0.15) is 50.8 Å². The lowest BCUT2D eigenvalue weighted by atomic mass is 9.98. The molecule has 0 saturated heterocycles. The fourth-order valence-corrected chi connectivity index (χ4v) is 1.82. The number of benzene rings is 1. The summed E-state index contributed by atoms with van der Waals surface area (Å²) in [6, 6.07) is 7.88. The number of hydrogen-bond acceptors (Lipinski definition) is 3. The third-order valence-electron chi connectivity index (χ3n) is 2.67. The topological polar surface area (TPSA) is 52.3 Å². The van der Waals surface area contributed by atoms with Gasteiger partial charge < -0.3 is 10.5 Å². The first-order valence-corrected chi connectivity index (χ1v) is 6.32. The Hall–Kier alpha value is -1.35. The van der Waals surface area contributed by atoms with Crippen LogP contribution in [0.3, 0.4) is 0 Å². The van der Waals surface area contributed by atoms with Gasteiger partial charge in [0.2, 0.25) is 0 Å². The van der Waals surface area contributed by atoms with Gasteiger partial charge in [0.15, 0.2) is 0 Å². The van der Waals surface area contributed by atoms with E-state index in [0.29, 0.717) is 12.8 Å². The lowest BCUT2D eigenvalue weighted by Crippen LogP contribution is -2.24. The standard InChI is InChI=1S/C15H23NO2/c1-11-7-5-6-8-12(11)13(16)9-10-14(17)18-15(2,3)4/h5-8,13H,9-10,16H2,1-4H3. The van der Waals surface area contributed by atoms with Crippen molar-refractivity contribution in [1.82, 2.24) is 0 Å². The van der Waals surface area contributed by atoms with E-state index in [1.165, 1.54) is 0 Å². The molecule has 1 atom stereocenters. The molecule has 0 aliphatic carbocycles. The van der Waals surface area contributed by atoms with E-state index >= 15 is 0 Å². The number of nitrogens with two attached hydrogens (primary N) is 1. The van der Waals surface area contributed by atoms with Crippen molar-refractivity contribution >= 4 is 5.97 Å². The minimum Gasteiger partial charge on any atom is -0.460 e. The van der Waals surface area contributed by atoms with Crippen LogP contribution in [0.2, 0.25) is 0 Å². The van der Waals surface area contributed by atoms with Gasteiger partial charge in [-0.05, 0) is 45.2 Å². The molecule has 18 heavy (non-hydrogen) atoms. The Morgan fingerprint density at radius 2 is 1.94 bits per heavy atom. The molecule has 1 aromatic carbocycles. The molecule has 0 bridgehead atoms. The minimum absolute atomic E-state index is 0.112. The van der Waals surface area contributed by atoms with E-state index in [1.54, 1.807) is 0 Å². The molecular weight excluding hydrogens is 226 g/mol. The van der Waals surface area contributed by atoms with E-state index in [-0.39, 0.29) is 12.0 Å². The van der Waals surface area contributed by atoms with Crippen LogP contribution in [0, 0.1) is 6.92 Å². The zero-order chi connectivity index (χ0) is 13.8. The van der Waals surface area contributed by atoms with Gasteiger partial charge in [-0.2, -0.15) is 0 Å². The molecule has 1 unspecified atom stereocenters. The lowest BCUT2D eigenvalue weighted by molar-refractivity contribution is -0.155. The fraction of sp³-hybridized carbons (Fsp3) is 0.533. The molecule has 0 saturated carbocycles. The summed E-state index contributed by atoms with van der Waals surface area (Å²) in [6.45, 7) is 7.63. The van der Waals surface area contributed by atoms with E-state index in [1.807, 2.05) is 52.0 Å². The molecule has 0 aliphatic heterocycles. The molecule has 0 heterocycles. The Labute approximate surface area is 109 Å². The summed E-state index contributed by atoms with van der Waals surface area (Å²) in [5.74, 6) is -0.188. The van der Waals surface area contributed by atoms with Crippen LogP contribution in [-0.4, -0.2) is 11.6 Å². The summed E-state index contributed by atoms with van der Waals surface area (Å²) in [4.78, 5) is 11.6. The zero-order valence-electron chi connectivity index (χ0n) is 11.7. The number of ether oxygens (including phenoxy) is 1. The number of esters is 1. The Morgan fingerprint density at radius 3 is 2.50 bits per heavy atom. The Balaban J connectivity index is 2.49. The highest BCUT2D eigenvalue weighted by atomic mass is 16.6. The predicted molar refractivity (Wildman–Crippen MR) is 73.2 cm³/mol. The summed E-state index contributed by atoms with van der Waals surface area (Å²) in [5, 5.41) is 0. The molecule has 0 aliphatic rings. The predicted octanol–water partition coefficient (Wildman–Crippen LogP) is 3.12. The quantitative estimate of drug-likeness (QED) is 0.834. The first-order chi connectivity index (χ1) is 8.29. The van der Waals surface area contributed by atoms with Crippen LogP contribution < -0.4 is 5.73 Å². The molecule has 3 nitrogen and oxygen atoms in total. The average molecular weight is 249 g/mol. The van der Waals surface area contributed by atoms with Gasteiger partial charge in [-0.15, -0.1) is 0 Å². The van der Waals surface area contributed by atoms with Crippen molar-refractivity contribution in [3.05, 3.63) is 35.4 Å². The monoisotopic (exact) mass is 249 g/mol. The van der Waals surface area contributed by atoms with Gasteiger partial charge in [-0.25, -0.2) is 0 Å².